The van der Waals surface area contributed by atoms with E-state index in [0.717, 1.165) is 38.3 Å². The summed E-state index contributed by atoms with van der Waals surface area (Å²) in [5, 5.41) is 4.90. The van der Waals surface area contributed by atoms with Gasteiger partial charge in [-0.2, -0.15) is 0 Å². The van der Waals surface area contributed by atoms with Gasteiger partial charge in [0.25, 0.3) is 0 Å². The summed E-state index contributed by atoms with van der Waals surface area (Å²) in [5.41, 5.74) is 12.9. The van der Waals surface area contributed by atoms with Crippen LogP contribution in [0.2, 0.25) is 10.0 Å². The minimum Gasteiger partial charge on any atom is -0.451 e. The fraction of sp³-hybridized carbons (Fsp3) is 0.312. The zero-order chi connectivity index (χ0) is 17.3. The lowest BCUT2D eigenvalue weighted by molar-refractivity contribution is 0.411. The van der Waals surface area contributed by atoms with Crippen LogP contribution in [-0.2, 0) is 0 Å². The summed E-state index contributed by atoms with van der Waals surface area (Å²) in [7, 11) is 0. The maximum absolute atomic E-state index is 6.26. The first-order valence-corrected chi connectivity index (χ1v) is 8.39. The lowest BCUT2D eigenvalue weighted by atomic mass is 10.2. The fourth-order valence-corrected chi connectivity index (χ4v) is 3.34. The Morgan fingerprint density at radius 3 is 2.79 bits per heavy atom. The van der Waals surface area contributed by atoms with E-state index in [1.807, 2.05) is 0 Å². The van der Waals surface area contributed by atoms with Crippen LogP contribution in [-0.4, -0.2) is 37.0 Å². The number of halogens is 2. The van der Waals surface area contributed by atoms with Crippen molar-refractivity contribution in [2.45, 2.75) is 6.42 Å². The van der Waals surface area contributed by atoms with E-state index in [-0.39, 0.29) is 5.96 Å². The van der Waals surface area contributed by atoms with Gasteiger partial charge in [-0.15, -0.1) is 0 Å². The van der Waals surface area contributed by atoms with Crippen molar-refractivity contribution in [2.24, 2.45) is 16.5 Å². The Morgan fingerprint density at radius 2 is 2.04 bits per heavy atom. The lowest BCUT2D eigenvalue weighted by Crippen LogP contribution is -2.26. The molecule has 0 spiro atoms. The second kappa shape index (κ2) is 6.93. The number of hydrogen-bond acceptors (Lipinski definition) is 4. The van der Waals surface area contributed by atoms with E-state index in [1.54, 1.807) is 12.1 Å². The van der Waals surface area contributed by atoms with E-state index in [1.165, 1.54) is 0 Å². The van der Waals surface area contributed by atoms with Gasteiger partial charge in [0.05, 0.1) is 10.7 Å². The molecule has 5 N–H and O–H groups in total. The summed E-state index contributed by atoms with van der Waals surface area (Å²) in [6.45, 7) is 7.74. The van der Waals surface area contributed by atoms with Crippen molar-refractivity contribution in [1.29, 1.82) is 0 Å². The first kappa shape index (κ1) is 17.0. The molecule has 128 valence electrons. The van der Waals surface area contributed by atoms with Gasteiger partial charge in [0.1, 0.15) is 5.69 Å². The molecule has 24 heavy (non-hydrogen) atoms. The largest absolute Gasteiger partial charge is 0.451 e. The van der Waals surface area contributed by atoms with Crippen LogP contribution >= 0.6 is 23.2 Å². The van der Waals surface area contributed by atoms with Gasteiger partial charge in [-0.25, -0.2) is 4.99 Å². The molecule has 0 amide bonds. The first-order chi connectivity index (χ1) is 11.5. The van der Waals surface area contributed by atoms with Crippen molar-refractivity contribution in [2.75, 3.05) is 26.2 Å². The van der Waals surface area contributed by atoms with Crippen molar-refractivity contribution < 1.29 is 4.42 Å². The number of aliphatic imine (C=N–C) groups is 1. The number of nitrogens with one attached hydrogen (secondary N) is 1. The Morgan fingerprint density at radius 1 is 1.25 bits per heavy atom. The predicted octanol–water partition coefficient (Wildman–Crippen LogP) is 2.91. The summed E-state index contributed by atoms with van der Waals surface area (Å²) in [5.74, 6) is 0.435. The third-order valence-corrected chi connectivity index (χ3v) is 4.41. The van der Waals surface area contributed by atoms with Crippen LogP contribution in [0.4, 0.5) is 5.69 Å². The highest BCUT2D eigenvalue weighted by Gasteiger charge is 2.23. The molecule has 1 aromatic heterocycles. The molecule has 1 saturated heterocycles. The number of rotatable bonds is 3. The Balaban J connectivity index is 2.13. The zero-order valence-corrected chi connectivity index (χ0v) is 14.6. The molecule has 0 saturated carbocycles. The van der Waals surface area contributed by atoms with Crippen LogP contribution in [0.5, 0.6) is 0 Å². The number of benzene rings is 1. The Bertz CT molecular complexity index is 802. The normalized spacial score (nSPS) is 15.3. The number of guanidine groups is 1. The van der Waals surface area contributed by atoms with Gasteiger partial charge >= 0.3 is 0 Å². The summed E-state index contributed by atoms with van der Waals surface area (Å²) < 4.78 is 5.97. The summed E-state index contributed by atoms with van der Waals surface area (Å²) in [6, 6.07) is 3.35. The monoisotopic (exact) mass is 367 g/mol. The SMILES string of the molecule is C=C(c1oc2c(Cl)cc(Cl)cc2c1N=C(N)N)N1CCCNCC1. The summed E-state index contributed by atoms with van der Waals surface area (Å²) >= 11 is 12.4. The molecule has 2 heterocycles. The minimum absolute atomic E-state index is 0.0691. The molecule has 8 heteroatoms. The van der Waals surface area contributed by atoms with Gasteiger partial charge in [-0.1, -0.05) is 29.8 Å². The average Bonchev–Trinajstić information content (AvgIpc) is 2.72. The van der Waals surface area contributed by atoms with Crippen molar-refractivity contribution in [3.8, 4) is 0 Å². The van der Waals surface area contributed by atoms with E-state index >= 15 is 0 Å². The second-order valence-corrected chi connectivity index (χ2v) is 6.46. The lowest BCUT2D eigenvalue weighted by Gasteiger charge is -2.23. The van der Waals surface area contributed by atoms with Crippen LogP contribution in [0.25, 0.3) is 16.7 Å². The molecular formula is C16H19Cl2N5O. The van der Waals surface area contributed by atoms with Gasteiger partial charge < -0.3 is 26.1 Å². The average molecular weight is 368 g/mol. The van der Waals surface area contributed by atoms with Crippen LogP contribution in [0.15, 0.2) is 28.1 Å². The van der Waals surface area contributed by atoms with E-state index < -0.39 is 0 Å². The van der Waals surface area contributed by atoms with Gasteiger partial charge in [-0.05, 0) is 25.1 Å². The molecule has 3 rings (SSSR count). The summed E-state index contributed by atoms with van der Waals surface area (Å²) in [4.78, 5) is 6.38. The number of furan rings is 1. The topological polar surface area (TPSA) is 92.8 Å². The predicted molar refractivity (Wildman–Crippen MR) is 99.8 cm³/mol. The maximum atomic E-state index is 6.26. The van der Waals surface area contributed by atoms with Gasteiger partial charge in [0.15, 0.2) is 17.3 Å². The zero-order valence-electron chi connectivity index (χ0n) is 13.1. The van der Waals surface area contributed by atoms with Crippen LogP contribution in [0.1, 0.15) is 12.2 Å². The van der Waals surface area contributed by atoms with Crippen LogP contribution in [0, 0.1) is 0 Å². The Kier molecular flexibility index (Phi) is 4.89. The molecule has 0 unspecified atom stereocenters. The second-order valence-electron chi connectivity index (χ2n) is 5.62. The third kappa shape index (κ3) is 3.31. The van der Waals surface area contributed by atoms with E-state index in [2.05, 4.69) is 21.8 Å². The van der Waals surface area contributed by atoms with Crippen LogP contribution in [0.3, 0.4) is 0 Å². The van der Waals surface area contributed by atoms with Crippen molar-refractivity contribution in [3.05, 3.63) is 34.5 Å². The molecule has 2 aromatic rings. The van der Waals surface area contributed by atoms with Crippen molar-refractivity contribution in [3.63, 3.8) is 0 Å². The van der Waals surface area contributed by atoms with E-state index in [9.17, 15) is 0 Å². The first-order valence-electron chi connectivity index (χ1n) is 7.63. The van der Waals surface area contributed by atoms with Crippen molar-refractivity contribution in [1.82, 2.24) is 10.2 Å². The highest BCUT2D eigenvalue weighted by atomic mass is 35.5. The molecule has 6 nitrogen and oxygen atoms in total. The molecule has 0 atom stereocenters. The maximum Gasteiger partial charge on any atom is 0.191 e. The van der Waals surface area contributed by atoms with E-state index in [0.29, 0.717) is 32.5 Å². The third-order valence-electron chi connectivity index (χ3n) is 3.91. The molecular weight excluding hydrogens is 349 g/mol. The van der Waals surface area contributed by atoms with Gasteiger partial charge in [-0.3, -0.25) is 0 Å². The molecule has 1 aliphatic rings. The van der Waals surface area contributed by atoms with Crippen LogP contribution < -0.4 is 16.8 Å². The molecule has 0 radical (unpaired) electrons. The number of nitrogens with two attached hydrogens (primary N) is 2. The van der Waals surface area contributed by atoms with Gasteiger partial charge in [0, 0.05) is 30.0 Å². The highest BCUT2D eigenvalue weighted by Crippen LogP contribution is 2.42. The Hall–Kier alpha value is -1.89. The molecule has 1 fully saturated rings. The smallest absolute Gasteiger partial charge is 0.191 e. The van der Waals surface area contributed by atoms with E-state index in [4.69, 9.17) is 39.1 Å². The molecule has 0 aliphatic carbocycles. The molecule has 1 aliphatic heterocycles. The summed E-state index contributed by atoms with van der Waals surface area (Å²) in [6.07, 6.45) is 1.02. The number of nitrogens with zero attached hydrogens (tertiary/aromatic N) is 2. The van der Waals surface area contributed by atoms with Gasteiger partial charge in [0.2, 0.25) is 0 Å². The standard InChI is InChI=1S/C16H19Cl2N5O/c1-9(23-5-2-3-21-4-6-23)14-13(22-16(19)20)11-7-10(17)8-12(18)15(11)24-14/h7-8,21H,1-6H2,(H4,19,20,22). The Labute approximate surface area is 150 Å². The quantitative estimate of drug-likeness (QED) is 0.572. The number of fused-ring (bicyclic) bond motifs is 1. The highest BCUT2D eigenvalue weighted by molar-refractivity contribution is 6.38. The minimum atomic E-state index is -0.0691. The van der Waals surface area contributed by atoms with Crippen molar-refractivity contribution >= 4 is 51.5 Å². The molecule has 0 bridgehead atoms. The molecule has 1 aromatic carbocycles. The number of hydrogen-bond donors (Lipinski definition) is 3. The fourth-order valence-electron chi connectivity index (χ4n) is 2.81.